The Balaban J connectivity index is 2.11. The zero-order chi connectivity index (χ0) is 14.4. The third-order valence-electron chi connectivity index (χ3n) is 3.25. The van der Waals surface area contributed by atoms with Crippen molar-refractivity contribution >= 4 is 17.3 Å². The highest BCUT2D eigenvalue weighted by Crippen LogP contribution is 2.21. The molecular weight excluding hydrogens is 268 g/mol. The Bertz CT molecular complexity index is 540. The fourth-order valence-corrected chi connectivity index (χ4v) is 2.51. The second-order valence-corrected chi connectivity index (χ2v) is 5.45. The highest BCUT2D eigenvalue weighted by molar-refractivity contribution is 6.31. The average molecular weight is 289 g/mol. The molecule has 0 heterocycles. The fourth-order valence-electron chi connectivity index (χ4n) is 2.33. The molecule has 0 aliphatic heterocycles. The Hall–Kier alpha value is -1.51. The van der Waals surface area contributed by atoms with Gasteiger partial charge in [0.1, 0.15) is 0 Å². The van der Waals surface area contributed by atoms with E-state index >= 15 is 0 Å². The normalized spacial score (nSPS) is 10.9. The van der Waals surface area contributed by atoms with Gasteiger partial charge in [0.15, 0.2) is 0 Å². The summed E-state index contributed by atoms with van der Waals surface area (Å²) in [6.45, 7) is 4.99. The molecule has 0 fully saturated rings. The minimum absolute atomic E-state index is 0.764. The Labute approximate surface area is 126 Å². The summed E-state index contributed by atoms with van der Waals surface area (Å²) in [6, 6.07) is 16.2. The van der Waals surface area contributed by atoms with Crippen LogP contribution in [-0.4, -0.2) is 11.4 Å². The molecule has 0 atom stereocenters. The van der Waals surface area contributed by atoms with E-state index in [-0.39, 0.29) is 0 Å². The lowest BCUT2D eigenvalue weighted by atomic mass is 10.1. The largest absolute Gasteiger partial charge is 0.399 e. The summed E-state index contributed by atoms with van der Waals surface area (Å²) in [5.41, 5.74) is 9.03. The molecule has 0 saturated heterocycles. The van der Waals surface area contributed by atoms with E-state index in [1.807, 2.05) is 24.3 Å². The summed E-state index contributed by atoms with van der Waals surface area (Å²) >= 11 is 6.26. The maximum Gasteiger partial charge on any atom is 0.0452 e. The highest BCUT2D eigenvalue weighted by atomic mass is 35.5. The summed E-state index contributed by atoms with van der Waals surface area (Å²) < 4.78 is 0. The van der Waals surface area contributed by atoms with Crippen molar-refractivity contribution in [2.75, 3.05) is 12.3 Å². The lowest BCUT2D eigenvalue weighted by molar-refractivity contribution is 0.257. The number of nitrogens with two attached hydrogens (primary N) is 1. The van der Waals surface area contributed by atoms with Gasteiger partial charge in [0.25, 0.3) is 0 Å². The van der Waals surface area contributed by atoms with Crippen molar-refractivity contribution in [3.63, 3.8) is 0 Å². The summed E-state index contributed by atoms with van der Waals surface area (Å²) in [5.74, 6) is 0. The SMILES string of the molecule is CCCN(Cc1ccccc1)Cc1cc(N)ccc1Cl. The van der Waals surface area contributed by atoms with Gasteiger partial charge in [-0.05, 0) is 42.3 Å². The third-order valence-corrected chi connectivity index (χ3v) is 3.62. The Morgan fingerprint density at radius 3 is 2.50 bits per heavy atom. The molecule has 2 rings (SSSR count). The molecule has 0 radical (unpaired) electrons. The molecule has 0 amide bonds. The minimum atomic E-state index is 0.764. The number of hydrogen-bond acceptors (Lipinski definition) is 2. The predicted molar refractivity (Wildman–Crippen MR) is 86.7 cm³/mol. The number of rotatable bonds is 6. The third kappa shape index (κ3) is 4.26. The maximum absolute atomic E-state index is 6.26. The summed E-state index contributed by atoms with van der Waals surface area (Å²) in [7, 11) is 0. The van der Waals surface area contributed by atoms with Crippen LogP contribution >= 0.6 is 11.6 Å². The van der Waals surface area contributed by atoms with Gasteiger partial charge in [0, 0.05) is 23.8 Å². The monoisotopic (exact) mass is 288 g/mol. The van der Waals surface area contributed by atoms with Crippen LogP contribution in [0.25, 0.3) is 0 Å². The van der Waals surface area contributed by atoms with Crippen LogP contribution in [0.3, 0.4) is 0 Å². The second kappa shape index (κ2) is 7.32. The van der Waals surface area contributed by atoms with E-state index in [1.54, 1.807) is 0 Å². The fraction of sp³-hybridized carbons (Fsp3) is 0.294. The van der Waals surface area contributed by atoms with Gasteiger partial charge < -0.3 is 5.73 Å². The van der Waals surface area contributed by atoms with Crippen molar-refractivity contribution in [1.29, 1.82) is 0 Å². The molecule has 2 nitrogen and oxygen atoms in total. The van der Waals surface area contributed by atoms with Crippen LogP contribution < -0.4 is 5.73 Å². The molecule has 0 aliphatic carbocycles. The van der Waals surface area contributed by atoms with Gasteiger partial charge in [-0.15, -0.1) is 0 Å². The number of halogens is 1. The lowest BCUT2D eigenvalue weighted by Crippen LogP contribution is -2.23. The van der Waals surface area contributed by atoms with E-state index < -0.39 is 0 Å². The van der Waals surface area contributed by atoms with E-state index in [9.17, 15) is 0 Å². The van der Waals surface area contributed by atoms with Gasteiger partial charge in [-0.2, -0.15) is 0 Å². The van der Waals surface area contributed by atoms with Crippen molar-refractivity contribution in [3.05, 3.63) is 64.7 Å². The first-order valence-corrected chi connectivity index (χ1v) is 7.37. The Kier molecular flexibility index (Phi) is 5.45. The molecular formula is C17H21ClN2. The van der Waals surface area contributed by atoms with Gasteiger partial charge in [-0.25, -0.2) is 0 Å². The van der Waals surface area contributed by atoms with Gasteiger partial charge >= 0.3 is 0 Å². The molecule has 20 heavy (non-hydrogen) atoms. The van der Waals surface area contributed by atoms with Gasteiger partial charge in [-0.1, -0.05) is 48.9 Å². The van der Waals surface area contributed by atoms with Crippen molar-refractivity contribution in [1.82, 2.24) is 4.90 Å². The van der Waals surface area contributed by atoms with Crippen LogP contribution in [0.5, 0.6) is 0 Å². The molecule has 2 aromatic rings. The van der Waals surface area contributed by atoms with Gasteiger partial charge in [-0.3, -0.25) is 4.90 Å². The van der Waals surface area contributed by atoms with Crippen LogP contribution in [0, 0.1) is 0 Å². The Morgan fingerprint density at radius 2 is 1.80 bits per heavy atom. The molecule has 0 bridgehead atoms. The van der Waals surface area contributed by atoms with Crippen LogP contribution in [0.1, 0.15) is 24.5 Å². The van der Waals surface area contributed by atoms with Crippen molar-refractivity contribution < 1.29 is 0 Å². The van der Waals surface area contributed by atoms with E-state index in [2.05, 4.69) is 36.1 Å². The number of nitrogen functional groups attached to an aromatic ring is 1. The quantitative estimate of drug-likeness (QED) is 0.802. The van der Waals surface area contributed by atoms with Crippen LogP contribution in [0.2, 0.25) is 5.02 Å². The average Bonchev–Trinajstić information content (AvgIpc) is 2.44. The Morgan fingerprint density at radius 1 is 1.05 bits per heavy atom. The van der Waals surface area contributed by atoms with E-state index in [0.29, 0.717) is 0 Å². The molecule has 3 heteroatoms. The molecule has 0 aliphatic rings. The van der Waals surface area contributed by atoms with E-state index in [4.69, 9.17) is 17.3 Å². The minimum Gasteiger partial charge on any atom is -0.399 e. The molecule has 106 valence electrons. The van der Waals surface area contributed by atoms with Crippen molar-refractivity contribution in [2.24, 2.45) is 0 Å². The first-order chi connectivity index (χ1) is 9.69. The van der Waals surface area contributed by atoms with Crippen molar-refractivity contribution in [2.45, 2.75) is 26.4 Å². The molecule has 0 saturated carbocycles. The zero-order valence-electron chi connectivity index (χ0n) is 11.8. The topological polar surface area (TPSA) is 29.3 Å². The van der Waals surface area contributed by atoms with Gasteiger partial charge in [0.05, 0.1) is 0 Å². The lowest BCUT2D eigenvalue weighted by Gasteiger charge is -2.22. The standard InChI is InChI=1S/C17H21ClN2/c1-2-10-20(12-14-6-4-3-5-7-14)13-15-11-16(19)8-9-17(15)18/h3-9,11H,2,10,12-13,19H2,1H3. The number of hydrogen-bond donors (Lipinski definition) is 1. The highest BCUT2D eigenvalue weighted by Gasteiger charge is 2.09. The van der Waals surface area contributed by atoms with Crippen LogP contribution in [0.15, 0.2) is 48.5 Å². The molecule has 0 unspecified atom stereocenters. The second-order valence-electron chi connectivity index (χ2n) is 5.05. The first-order valence-electron chi connectivity index (χ1n) is 6.99. The van der Waals surface area contributed by atoms with E-state index in [1.165, 1.54) is 5.56 Å². The van der Waals surface area contributed by atoms with Crippen LogP contribution in [-0.2, 0) is 13.1 Å². The van der Waals surface area contributed by atoms with Crippen LogP contribution in [0.4, 0.5) is 5.69 Å². The number of anilines is 1. The zero-order valence-corrected chi connectivity index (χ0v) is 12.6. The molecule has 0 aromatic heterocycles. The summed E-state index contributed by atoms with van der Waals surface area (Å²) in [5, 5.41) is 0.786. The smallest absolute Gasteiger partial charge is 0.0452 e. The van der Waals surface area contributed by atoms with E-state index in [0.717, 1.165) is 42.3 Å². The number of benzene rings is 2. The summed E-state index contributed by atoms with van der Waals surface area (Å²) in [4.78, 5) is 2.40. The maximum atomic E-state index is 6.26. The molecule has 2 N–H and O–H groups in total. The number of nitrogens with zero attached hydrogens (tertiary/aromatic N) is 1. The first kappa shape index (κ1) is 14.9. The summed E-state index contributed by atoms with van der Waals surface area (Å²) in [6.07, 6.45) is 1.12. The molecule has 0 spiro atoms. The van der Waals surface area contributed by atoms with Crippen molar-refractivity contribution in [3.8, 4) is 0 Å². The van der Waals surface area contributed by atoms with Gasteiger partial charge in [0.2, 0.25) is 0 Å². The predicted octanol–water partition coefficient (Wildman–Crippen LogP) is 4.33. The molecule has 2 aromatic carbocycles.